The van der Waals surface area contributed by atoms with E-state index in [4.69, 9.17) is 14.2 Å². The molecule has 0 aromatic heterocycles. The van der Waals surface area contributed by atoms with Crippen molar-refractivity contribution >= 4 is 6.21 Å². The number of nitrogens with zero attached hydrogens (tertiary/aromatic N) is 1. The molecule has 11 heteroatoms. The third-order valence-corrected chi connectivity index (χ3v) is 4.30. The van der Waals surface area contributed by atoms with Crippen molar-refractivity contribution in [3.8, 4) is 0 Å². The number of aliphatic hydroxyl groups is 7. The van der Waals surface area contributed by atoms with E-state index in [0.29, 0.717) is 0 Å². The lowest BCUT2D eigenvalue weighted by atomic mass is 9.96. The van der Waals surface area contributed by atoms with Crippen molar-refractivity contribution in [1.29, 1.82) is 0 Å². The first kappa shape index (κ1) is 20.6. The van der Waals surface area contributed by atoms with E-state index in [2.05, 4.69) is 4.99 Å². The summed E-state index contributed by atoms with van der Waals surface area (Å²) < 4.78 is 15.8. The number of aliphatic imine (C=N–C) groups is 1. The molecule has 2 aliphatic heterocycles. The Balaban J connectivity index is 2.17. The molecule has 0 amide bonds. The zero-order chi connectivity index (χ0) is 18.7. The second-order valence-electron chi connectivity index (χ2n) is 5.93. The van der Waals surface area contributed by atoms with Gasteiger partial charge in [0.25, 0.3) is 0 Å². The second kappa shape index (κ2) is 8.77. The van der Waals surface area contributed by atoms with Crippen LogP contribution in [-0.2, 0) is 14.2 Å². The lowest BCUT2D eigenvalue weighted by Crippen LogP contribution is -2.64. The van der Waals surface area contributed by atoms with Crippen LogP contribution in [0.2, 0.25) is 0 Å². The summed E-state index contributed by atoms with van der Waals surface area (Å²) >= 11 is 0. The van der Waals surface area contributed by atoms with Gasteiger partial charge in [0, 0.05) is 0 Å². The van der Waals surface area contributed by atoms with Crippen molar-refractivity contribution in [1.82, 2.24) is 0 Å². The Kier molecular flexibility index (Phi) is 7.22. The van der Waals surface area contributed by atoms with Crippen LogP contribution in [-0.4, -0.2) is 117 Å². The molecule has 2 aliphatic rings. The Labute approximate surface area is 143 Å². The van der Waals surface area contributed by atoms with E-state index in [0.717, 1.165) is 0 Å². The van der Waals surface area contributed by atoms with Gasteiger partial charge in [0.1, 0.15) is 48.8 Å². The van der Waals surface area contributed by atoms with Crippen LogP contribution in [0.25, 0.3) is 0 Å². The topological polar surface area (TPSA) is 182 Å². The monoisotopic (exact) mass is 367 g/mol. The minimum absolute atomic E-state index is 0.612. The minimum atomic E-state index is -1.68. The summed E-state index contributed by atoms with van der Waals surface area (Å²) in [6.45, 7) is 0.323. The van der Waals surface area contributed by atoms with Crippen molar-refractivity contribution in [2.45, 2.75) is 68.3 Å². The molecule has 0 saturated carbocycles. The van der Waals surface area contributed by atoms with Gasteiger partial charge in [0.05, 0.1) is 13.2 Å². The Morgan fingerprint density at radius 2 is 1.52 bits per heavy atom. The zero-order valence-electron chi connectivity index (χ0n) is 13.6. The van der Waals surface area contributed by atoms with Gasteiger partial charge in [-0.2, -0.15) is 0 Å². The van der Waals surface area contributed by atoms with Gasteiger partial charge in [-0.05, 0) is 13.1 Å². The number of aliphatic hydroxyl groups excluding tert-OH is 7. The third-order valence-electron chi connectivity index (χ3n) is 4.30. The molecule has 11 nitrogen and oxygen atoms in total. The van der Waals surface area contributed by atoms with Crippen LogP contribution < -0.4 is 0 Å². The quantitative estimate of drug-likeness (QED) is 0.235. The molecule has 10 atom stereocenters. The van der Waals surface area contributed by atoms with Gasteiger partial charge in [0.15, 0.2) is 12.6 Å². The predicted molar refractivity (Wildman–Crippen MR) is 80.6 cm³/mol. The van der Waals surface area contributed by atoms with Crippen molar-refractivity contribution in [3.05, 3.63) is 0 Å². The van der Waals surface area contributed by atoms with Gasteiger partial charge in [-0.3, -0.25) is 4.99 Å². The summed E-state index contributed by atoms with van der Waals surface area (Å²) in [4.78, 5) is 3.89. The number of rotatable bonds is 5. The standard InChI is InChI=1S/C14H25NO10/c1-2-15-7-9(19)12(6(4-17)23-13(7)22)25-14-11(21)10(20)8(18)5(3-16)24-14/h2,5-14,16-22H,3-4H2,1H3/t5-,6-,7-,8+,9-,10+,11-,12-,13?,14+/m1/s1. The van der Waals surface area contributed by atoms with Crippen LogP contribution in [0.3, 0.4) is 0 Å². The minimum Gasteiger partial charge on any atom is -0.394 e. The molecule has 146 valence electrons. The normalized spacial score (nSPS) is 48.8. The third kappa shape index (κ3) is 4.17. The molecule has 2 rings (SSSR count). The zero-order valence-corrected chi connectivity index (χ0v) is 13.6. The molecule has 0 bridgehead atoms. The summed E-state index contributed by atoms with van der Waals surface area (Å²) in [5.74, 6) is 0. The summed E-state index contributed by atoms with van der Waals surface area (Å²) in [7, 11) is 0. The van der Waals surface area contributed by atoms with Crippen LogP contribution in [0.1, 0.15) is 6.92 Å². The summed E-state index contributed by atoms with van der Waals surface area (Å²) in [5, 5.41) is 68.4. The van der Waals surface area contributed by atoms with Crippen LogP contribution in [0.5, 0.6) is 0 Å². The van der Waals surface area contributed by atoms with Gasteiger partial charge < -0.3 is 50.0 Å². The Morgan fingerprint density at radius 3 is 2.08 bits per heavy atom. The fraction of sp³-hybridized carbons (Fsp3) is 0.929. The average Bonchev–Trinajstić information content (AvgIpc) is 2.60. The average molecular weight is 367 g/mol. The lowest BCUT2D eigenvalue weighted by Gasteiger charge is -2.45. The maximum atomic E-state index is 10.4. The van der Waals surface area contributed by atoms with E-state index in [1.807, 2.05) is 0 Å². The molecule has 0 spiro atoms. The van der Waals surface area contributed by atoms with Crippen molar-refractivity contribution < 1.29 is 50.0 Å². The largest absolute Gasteiger partial charge is 0.394 e. The van der Waals surface area contributed by atoms with E-state index in [1.165, 1.54) is 6.21 Å². The molecule has 0 aromatic rings. The molecule has 2 heterocycles. The maximum Gasteiger partial charge on any atom is 0.187 e. The molecule has 0 radical (unpaired) electrons. The molecule has 1 unspecified atom stereocenters. The Hall–Kier alpha value is -0.730. The van der Waals surface area contributed by atoms with Crippen LogP contribution >= 0.6 is 0 Å². The molecular weight excluding hydrogens is 342 g/mol. The summed E-state index contributed by atoms with van der Waals surface area (Å²) in [6.07, 6.45) is -11.5. The fourth-order valence-corrected chi connectivity index (χ4v) is 2.90. The first-order valence-electron chi connectivity index (χ1n) is 7.91. The number of ether oxygens (including phenoxy) is 3. The second-order valence-corrected chi connectivity index (χ2v) is 5.93. The van der Waals surface area contributed by atoms with Gasteiger partial charge in [-0.15, -0.1) is 0 Å². The highest BCUT2D eigenvalue weighted by molar-refractivity contribution is 5.53. The number of hydrogen-bond acceptors (Lipinski definition) is 11. The highest BCUT2D eigenvalue weighted by Crippen LogP contribution is 2.29. The van der Waals surface area contributed by atoms with Gasteiger partial charge in [0.2, 0.25) is 0 Å². The van der Waals surface area contributed by atoms with Crippen LogP contribution in [0.15, 0.2) is 4.99 Å². The van der Waals surface area contributed by atoms with E-state index in [1.54, 1.807) is 6.92 Å². The Morgan fingerprint density at radius 1 is 0.880 bits per heavy atom. The van der Waals surface area contributed by atoms with Crippen molar-refractivity contribution in [3.63, 3.8) is 0 Å². The first-order valence-corrected chi connectivity index (χ1v) is 7.91. The molecular formula is C14H25NO10. The lowest BCUT2D eigenvalue weighted by molar-refractivity contribution is -0.344. The SMILES string of the molecule is CC=N[C@H]1C(O)O[C@H](CO)[C@@H](O[C@@H]2O[C@H](CO)[C@H](O)[C@H](O)[C@H]2O)[C@@H]1O. The van der Waals surface area contributed by atoms with Crippen LogP contribution in [0.4, 0.5) is 0 Å². The molecule has 2 saturated heterocycles. The maximum absolute atomic E-state index is 10.4. The molecule has 2 fully saturated rings. The Bertz CT molecular complexity index is 449. The van der Waals surface area contributed by atoms with E-state index in [-0.39, 0.29) is 0 Å². The van der Waals surface area contributed by atoms with Crippen molar-refractivity contribution in [2.24, 2.45) is 4.99 Å². The predicted octanol–water partition coefficient (Wildman–Crippen LogP) is -4.30. The van der Waals surface area contributed by atoms with Crippen LogP contribution in [0, 0.1) is 0 Å². The van der Waals surface area contributed by atoms with E-state index < -0.39 is 74.6 Å². The van der Waals surface area contributed by atoms with E-state index in [9.17, 15) is 35.7 Å². The van der Waals surface area contributed by atoms with E-state index >= 15 is 0 Å². The van der Waals surface area contributed by atoms with Crippen molar-refractivity contribution in [2.75, 3.05) is 13.2 Å². The van der Waals surface area contributed by atoms with Gasteiger partial charge >= 0.3 is 0 Å². The fourth-order valence-electron chi connectivity index (χ4n) is 2.90. The van der Waals surface area contributed by atoms with Gasteiger partial charge in [-0.1, -0.05) is 0 Å². The first-order chi connectivity index (χ1) is 11.8. The molecule has 0 aromatic carbocycles. The summed E-state index contributed by atoms with van der Waals surface area (Å²) in [5.41, 5.74) is 0. The molecule has 7 N–H and O–H groups in total. The highest BCUT2D eigenvalue weighted by atomic mass is 16.7. The van der Waals surface area contributed by atoms with Gasteiger partial charge in [-0.25, -0.2) is 0 Å². The number of hydrogen-bond donors (Lipinski definition) is 7. The highest BCUT2D eigenvalue weighted by Gasteiger charge is 2.50. The molecule has 0 aliphatic carbocycles. The molecule has 25 heavy (non-hydrogen) atoms. The smallest absolute Gasteiger partial charge is 0.187 e. The summed E-state index contributed by atoms with van der Waals surface area (Å²) in [6, 6.07) is -1.09.